The summed E-state index contributed by atoms with van der Waals surface area (Å²) in [4.78, 5) is 25.1. The summed E-state index contributed by atoms with van der Waals surface area (Å²) in [6.07, 6.45) is 0. The maximum absolute atomic E-state index is 14.0. The highest BCUT2D eigenvalue weighted by Gasteiger charge is 2.39. The van der Waals surface area contributed by atoms with Crippen molar-refractivity contribution in [3.8, 4) is 5.75 Å². The number of hydrogen-bond acceptors (Lipinski definition) is 3. The smallest absolute Gasteiger partial charge is 0.266 e. The first-order chi connectivity index (χ1) is 9.50. The van der Waals surface area contributed by atoms with Crippen molar-refractivity contribution < 1.29 is 19.1 Å². The van der Waals surface area contributed by atoms with Crippen LogP contribution in [0.4, 0.5) is 10.1 Å². The summed E-state index contributed by atoms with van der Waals surface area (Å²) in [5, 5.41) is 9.83. The zero-order valence-corrected chi connectivity index (χ0v) is 11.5. The third-order valence-corrected chi connectivity index (χ3v) is 3.48. The van der Waals surface area contributed by atoms with Gasteiger partial charge >= 0.3 is 0 Å². The molecular weight excluding hydrogens is 329 g/mol. The maximum atomic E-state index is 14.0. The van der Waals surface area contributed by atoms with Crippen LogP contribution in [0.1, 0.15) is 20.7 Å². The molecule has 0 atom stereocenters. The molecule has 20 heavy (non-hydrogen) atoms. The first-order valence-electron chi connectivity index (χ1n) is 5.66. The van der Waals surface area contributed by atoms with Gasteiger partial charge in [-0.1, -0.05) is 28.1 Å². The van der Waals surface area contributed by atoms with Gasteiger partial charge in [0.1, 0.15) is 11.4 Å². The van der Waals surface area contributed by atoms with E-state index in [0.717, 1.165) is 6.07 Å². The number of amides is 2. The fourth-order valence-corrected chi connectivity index (χ4v) is 2.58. The normalized spacial score (nSPS) is 13.8. The number of aromatic hydroxyl groups is 1. The lowest BCUT2D eigenvalue weighted by atomic mass is 10.1. The molecule has 4 nitrogen and oxygen atoms in total. The van der Waals surface area contributed by atoms with Gasteiger partial charge in [0.15, 0.2) is 5.82 Å². The van der Waals surface area contributed by atoms with E-state index in [4.69, 9.17) is 0 Å². The molecule has 0 aliphatic carbocycles. The molecule has 0 radical (unpaired) electrons. The van der Waals surface area contributed by atoms with Crippen LogP contribution in [0.3, 0.4) is 0 Å². The number of carbonyl (C=O) groups excluding carboxylic acids is 2. The summed E-state index contributed by atoms with van der Waals surface area (Å²) in [5.41, 5.74) is -0.0437. The molecule has 0 saturated heterocycles. The summed E-state index contributed by atoms with van der Waals surface area (Å²) in [6.45, 7) is 0. The topological polar surface area (TPSA) is 57.6 Å². The lowest BCUT2D eigenvalue weighted by molar-refractivity contribution is 0.0923. The largest absolute Gasteiger partial charge is 0.506 e. The Morgan fingerprint density at radius 2 is 1.60 bits per heavy atom. The van der Waals surface area contributed by atoms with E-state index in [1.807, 2.05) is 0 Å². The van der Waals surface area contributed by atoms with Crippen LogP contribution in [0.25, 0.3) is 0 Å². The fourth-order valence-electron chi connectivity index (χ4n) is 2.17. The summed E-state index contributed by atoms with van der Waals surface area (Å²) in [7, 11) is 0. The molecule has 0 spiro atoms. The third-order valence-electron chi connectivity index (χ3n) is 3.03. The zero-order valence-electron chi connectivity index (χ0n) is 9.93. The van der Waals surface area contributed by atoms with Gasteiger partial charge in [-0.3, -0.25) is 9.59 Å². The molecule has 100 valence electrons. The van der Waals surface area contributed by atoms with E-state index in [9.17, 15) is 19.1 Å². The lowest BCUT2D eigenvalue weighted by Gasteiger charge is -2.16. The molecular formula is C14H7BrFNO3. The number of phenolic OH excluding ortho intramolecular Hbond substituents is 1. The molecule has 1 N–H and O–H groups in total. The highest BCUT2D eigenvalue weighted by Crippen LogP contribution is 2.38. The number of phenols is 1. The minimum atomic E-state index is -0.855. The van der Waals surface area contributed by atoms with Gasteiger partial charge in [-0.05, 0) is 24.3 Å². The third kappa shape index (κ3) is 1.72. The van der Waals surface area contributed by atoms with Crippen LogP contribution in [-0.2, 0) is 0 Å². The predicted octanol–water partition coefficient (Wildman–Crippen LogP) is 3.09. The standard InChI is InChI=1S/C14H7BrFNO3/c15-7-5-10(16)12(11(18)6-7)17-13(19)8-3-1-2-4-9(8)14(17)20/h1-6,18H. The number of anilines is 1. The second-order valence-corrected chi connectivity index (χ2v) is 5.16. The average Bonchev–Trinajstić information content (AvgIpc) is 2.64. The second-order valence-electron chi connectivity index (χ2n) is 4.25. The van der Waals surface area contributed by atoms with Crippen LogP contribution in [0, 0.1) is 5.82 Å². The number of rotatable bonds is 1. The number of fused-ring (bicyclic) bond motifs is 1. The van der Waals surface area contributed by atoms with E-state index < -0.39 is 29.1 Å². The quantitative estimate of drug-likeness (QED) is 0.814. The van der Waals surface area contributed by atoms with Crippen LogP contribution in [0.5, 0.6) is 5.75 Å². The molecule has 6 heteroatoms. The number of benzene rings is 2. The maximum Gasteiger partial charge on any atom is 0.266 e. The van der Waals surface area contributed by atoms with E-state index in [2.05, 4.69) is 15.9 Å². The van der Waals surface area contributed by atoms with Gasteiger partial charge in [0.25, 0.3) is 11.8 Å². The van der Waals surface area contributed by atoms with Crippen molar-refractivity contribution in [3.63, 3.8) is 0 Å². The Bertz CT molecular complexity index is 702. The Balaban J connectivity index is 2.19. The predicted molar refractivity (Wildman–Crippen MR) is 73.3 cm³/mol. The molecule has 1 aliphatic heterocycles. The van der Waals surface area contributed by atoms with Gasteiger partial charge < -0.3 is 5.11 Å². The van der Waals surface area contributed by atoms with E-state index >= 15 is 0 Å². The minimum Gasteiger partial charge on any atom is -0.506 e. The fraction of sp³-hybridized carbons (Fsp3) is 0. The Labute approximate surface area is 121 Å². The molecule has 0 unspecified atom stereocenters. The van der Waals surface area contributed by atoms with Crippen LogP contribution in [-0.4, -0.2) is 16.9 Å². The van der Waals surface area contributed by atoms with Gasteiger partial charge in [0.2, 0.25) is 0 Å². The Hall–Kier alpha value is -2.21. The SMILES string of the molecule is O=C1c2ccccc2C(=O)N1c1c(O)cc(Br)cc1F. The summed E-state index contributed by atoms with van der Waals surface area (Å²) in [6, 6.07) is 8.52. The Kier molecular flexibility index (Phi) is 2.83. The van der Waals surface area contributed by atoms with Gasteiger partial charge in [0, 0.05) is 4.47 Å². The number of nitrogens with zero attached hydrogens (tertiary/aromatic N) is 1. The zero-order chi connectivity index (χ0) is 14.4. The molecule has 2 aromatic carbocycles. The molecule has 1 aliphatic rings. The lowest BCUT2D eigenvalue weighted by Crippen LogP contribution is -2.30. The minimum absolute atomic E-state index is 0.194. The van der Waals surface area contributed by atoms with E-state index in [1.54, 1.807) is 12.1 Å². The van der Waals surface area contributed by atoms with Crippen molar-refractivity contribution in [1.29, 1.82) is 0 Å². The second kappa shape index (κ2) is 4.42. The van der Waals surface area contributed by atoms with Crippen LogP contribution < -0.4 is 4.90 Å². The van der Waals surface area contributed by atoms with E-state index in [-0.39, 0.29) is 11.1 Å². The molecule has 0 bridgehead atoms. The highest BCUT2D eigenvalue weighted by molar-refractivity contribution is 9.10. The van der Waals surface area contributed by atoms with Gasteiger partial charge in [0.05, 0.1) is 11.1 Å². The highest BCUT2D eigenvalue weighted by atomic mass is 79.9. The Morgan fingerprint density at radius 3 is 2.10 bits per heavy atom. The summed E-state index contributed by atoms with van der Waals surface area (Å²) < 4.78 is 14.3. The first-order valence-corrected chi connectivity index (χ1v) is 6.46. The first kappa shape index (κ1) is 12.8. The Morgan fingerprint density at radius 1 is 1.05 bits per heavy atom. The van der Waals surface area contributed by atoms with Gasteiger partial charge in [-0.2, -0.15) is 0 Å². The number of hydrogen-bond donors (Lipinski definition) is 1. The van der Waals surface area contributed by atoms with Crippen molar-refractivity contribution >= 4 is 33.4 Å². The molecule has 3 rings (SSSR count). The molecule has 0 fully saturated rings. The number of halogens is 2. The van der Waals surface area contributed by atoms with Crippen molar-refractivity contribution in [1.82, 2.24) is 0 Å². The molecule has 2 aromatic rings. The van der Waals surface area contributed by atoms with Crippen molar-refractivity contribution in [3.05, 3.63) is 57.8 Å². The molecule has 2 amide bonds. The van der Waals surface area contributed by atoms with Crippen LogP contribution in [0.15, 0.2) is 40.9 Å². The molecule has 0 aromatic heterocycles. The average molecular weight is 336 g/mol. The molecule has 1 heterocycles. The van der Waals surface area contributed by atoms with Crippen molar-refractivity contribution in [2.24, 2.45) is 0 Å². The van der Waals surface area contributed by atoms with Gasteiger partial charge in [-0.25, -0.2) is 9.29 Å². The number of carbonyl (C=O) groups is 2. The van der Waals surface area contributed by atoms with Crippen molar-refractivity contribution in [2.45, 2.75) is 0 Å². The van der Waals surface area contributed by atoms with Crippen molar-refractivity contribution in [2.75, 3.05) is 4.90 Å². The monoisotopic (exact) mass is 335 g/mol. The summed E-state index contributed by atoms with van der Waals surface area (Å²) >= 11 is 3.03. The van der Waals surface area contributed by atoms with E-state index in [0.29, 0.717) is 9.37 Å². The summed E-state index contributed by atoms with van der Waals surface area (Å²) in [5.74, 6) is -2.64. The number of imide groups is 1. The van der Waals surface area contributed by atoms with Gasteiger partial charge in [-0.15, -0.1) is 0 Å². The van der Waals surface area contributed by atoms with Crippen LogP contribution >= 0.6 is 15.9 Å². The van der Waals surface area contributed by atoms with Crippen LogP contribution in [0.2, 0.25) is 0 Å². The molecule has 0 saturated carbocycles. The van der Waals surface area contributed by atoms with E-state index in [1.165, 1.54) is 18.2 Å².